The molecule has 4 heteroatoms. The summed E-state index contributed by atoms with van der Waals surface area (Å²) in [6, 6.07) is 12.5. The van der Waals surface area contributed by atoms with E-state index in [1.807, 2.05) is 24.3 Å². The number of furan rings is 2. The zero-order valence-electron chi connectivity index (χ0n) is 9.55. The van der Waals surface area contributed by atoms with E-state index in [0.29, 0.717) is 11.3 Å². The zero-order chi connectivity index (χ0) is 12.5. The number of nitrogens with two attached hydrogens (primary N) is 1. The van der Waals surface area contributed by atoms with Crippen molar-refractivity contribution in [1.29, 1.82) is 0 Å². The molecule has 0 saturated heterocycles. The Morgan fingerprint density at radius 2 is 1.89 bits per heavy atom. The Hall–Kier alpha value is -2.33. The normalized spacial score (nSPS) is 10.9. The van der Waals surface area contributed by atoms with Crippen molar-refractivity contribution < 1.29 is 13.6 Å². The van der Waals surface area contributed by atoms with E-state index >= 15 is 0 Å². The van der Waals surface area contributed by atoms with Gasteiger partial charge in [-0.25, -0.2) is 0 Å². The molecule has 0 bridgehead atoms. The van der Waals surface area contributed by atoms with Crippen LogP contribution < -0.4 is 5.73 Å². The Labute approximate surface area is 103 Å². The second-order valence-corrected chi connectivity index (χ2v) is 3.95. The molecule has 2 aromatic heterocycles. The highest BCUT2D eigenvalue weighted by molar-refractivity contribution is 6.07. The molecular formula is C14H11NO3. The summed E-state index contributed by atoms with van der Waals surface area (Å²) in [5, 5.41) is 0.895. The van der Waals surface area contributed by atoms with Crippen molar-refractivity contribution in [3.63, 3.8) is 0 Å². The number of hydrogen-bond acceptors (Lipinski definition) is 4. The fourth-order valence-corrected chi connectivity index (χ4v) is 1.82. The van der Waals surface area contributed by atoms with Gasteiger partial charge >= 0.3 is 0 Å². The van der Waals surface area contributed by atoms with Crippen LogP contribution in [-0.2, 0) is 6.54 Å². The molecule has 0 unspecified atom stereocenters. The fraction of sp³-hybridized carbons (Fsp3) is 0.0714. The van der Waals surface area contributed by atoms with E-state index in [1.54, 1.807) is 18.2 Å². The first-order chi connectivity index (χ1) is 8.78. The summed E-state index contributed by atoms with van der Waals surface area (Å²) < 4.78 is 10.8. The minimum absolute atomic E-state index is 0.245. The molecule has 0 aliphatic rings. The molecule has 0 fully saturated rings. The quantitative estimate of drug-likeness (QED) is 0.716. The van der Waals surface area contributed by atoms with Gasteiger partial charge in [-0.3, -0.25) is 4.79 Å². The summed E-state index contributed by atoms with van der Waals surface area (Å²) in [6.45, 7) is 0.271. The topological polar surface area (TPSA) is 69.4 Å². The number of ketones is 1. The molecule has 0 atom stereocenters. The highest BCUT2D eigenvalue weighted by atomic mass is 16.4. The Morgan fingerprint density at radius 3 is 2.61 bits per heavy atom. The lowest BCUT2D eigenvalue weighted by molar-refractivity contribution is 0.0983. The van der Waals surface area contributed by atoms with E-state index < -0.39 is 0 Å². The van der Waals surface area contributed by atoms with Crippen molar-refractivity contribution in [3.8, 4) is 0 Å². The van der Waals surface area contributed by atoms with E-state index in [0.717, 1.165) is 5.39 Å². The van der Waals surface area contributed by atoms with Crippen LogP contribution in [0.5, 0.6) is 0 Å². The zero-order valence-corrected chi connectivity index (χ0v) is 9.55. The highest BCUT2D eigenvalue weighted by Gasteiger charge is 2.17. The van der Waals surface area contributed by atoms with Crippen molar-refractivity contribution in [2.75, 3.05) is 0 Å². The van der Waals surface area contributed by atoms with Gasteiger partial charge in [-0.15, -0.1) is 0 Å². The maximum Gasteiger partial charge on any atom is 0.263 e. The van der Waals surface area contributed by atoms with Crippen molar-refractivity contribution in [3.05, 3.63) is 59.7 Å². The monoisotopic (exact) mass is 241 g/mol. The molecule has 0 radical (unpaired) electrons. The van der Waals surface area contributed by atoms with E-state index in [9.17, 15) is 4.79 Å². The summed E-state index contributed by atoms with van der Waals surface area (Å²) in [7, 11) is 0. The third-order valence-corrected chi connectivity index (χ3v) is 2.74. The highest BCUT2D eigenvalue weighted by Crippen LogP contribution is 2.21. The van der Waals surface area contributed by atoms with Gasteiger partial charge in [-0.2, -0.15) is 0 Å². The number of carbonyl (C=O) groups is 1. The Morgan fingerprint density at radius 1 is 1.06 bits per heavy atom. The SMILES string of the molecule is NCc1ccc(C(=O)c2cc3ccccc3o2)o1. The van der Waals surface area contributed by atoms with Gasteiger partial charge in [0.2, 0.25) is 0 Å². The Balaban J connectivity index is 2.00. The third kappa shape index (κ3) is 1.72. The lowest BCUT2D eigenvalue weighted by Gasteiger charge is -1.92. The number of fused-ring (bicyclic) bond motifs is 1. The first kappa shape index (κ1) is 10.8. The van der Waals surface area contributed by atoms with Crippen LogP contribution >= 0.6 is 0 Å². The van der Waals surface area contributed by atoms with Gasteiger partial charge < -0.3 is 14.6 Å². The molecule has 3 aromatic rings. The molecule has 2 heterocycles. The van der Waals surface area contributed by atoms with Gasteiger partial charge in [-0.05, 0) is 24.3 Å². The smallest absolute Gasteiger partial charge is 0.263 e. The summed E-state index contributed by atoms with van der Waals surface area (Å²) >= 11 is 0. The number of carbonyl (C=O) groups excluding carboxylic acids is 1. The molecule has 2 N–H and O–H groups in total. The van der Waals surface area contributed by atoms with Gasteiger partial charge in [0.15, 0.2) is 11.5 Å². The number of benzene rings is 1. The van der Waals surface area contributed by atoms with Crippen molar-refractivity contribution in [1.82, 2.24) is 0 Å². The van der Waals surface area contributed by atoms with E-state index in [2.05, 4.69) is 0 Å². The minimum Gasteiger partial charge on any atom is -0.456 e. The molecule has 0 saturated carbocycles. The van der Waals surface area contributed by atoms with Crippen LogP contribution in [0.4, 0.5) is 0 Å². The van der Waals surface area contributed by atoms with E-state index in [4.69, 9.17) is 14.6 Å². The summed E-state index contributed by atoms with van der Waals surface area (Å²) in [5.74, 6) is 0.823. The van der Waals surface area contributed by atoms with E-state index in [1.165, 1.54) is 0 Å². The lowest BCUT2D eigenvalue weighted by atomic mass is 10.2. The average molecular weight is 241 g/mol. The maximum absolute atomic E-state index is 12.1. The molecule has 0 aliphatic carbocycles. The molecule has 1 aromatic carbocycles. The van der Waals surface area contributed by atoms with E-state index in [-0.39, 0.29) is 23.8 Å². The van der Waals surface area contributed by atoms with Crippen LogP contribution in [0.1, 0.15) is 22.1 Å². The van der Waals surface area contributed by atoms with Gasteiger partial charge in [0.1, 0.15) is 11.3 Å². The van der Waals surface area contributed by atoms with Gasteiger partial charge in [0, 0.05) is 5.39 Å². The summed E-state index contributed by atoms with van der Waals surface area (Å²) in [5.41, 5.74) is 6.12. The summed E-state index contributed by atoms with van der Waals surface area (Å²) in [4.78, 5) is 12.1. The minimum atomic E-state index is -0.272. The van der Waals surface area contributed by atoms with Gasteiger partial charge in [0.25, 0.3) is 5.78 Å². The van der Waals surface area contributed by atoms with Gasteiger partial charge in [0.05, 0.1) is 6.54 Å². The van der Waals surface area contributed by atoms with Crippen LogP contribution in [0.25, 0.3) is 11.0 Å². The summed E-state index contributed by atoms with van der Waals surface area (Å²) in [6.07, 6.45) is 0. The maximum atomic E-state index is 12.1. The van der Waals surface area contributed by atoms with Gasteiger partial charge in [-0.1, -0.05) is 18.2 Å². The molecular weight excluding hydrogens is 230 g/mol. The van der Waals surface area contributed by atoms with Crippen LogP contribution in [0.15, 0.2) is 51.3 Å². The molecule has 90 valence electrons. The molecule has 18 heavy (non-hydrogen) atoms. The standard InChI is InChI=1S/C14H11NO3/c15-8-10-5-6-12(17-10)14(16)13-7-9-3-1-2-4-11(9)18-13/h1-7H,8,15H2. The Bertz CT molecular complexity index is 675. The van der Waals surface area contributed by atoms with Crippen molar-refractivity contribution >= 4 is 16.8 Å². The predicted octanol–water partition coefficient (Wildman–Crippen LogP) is 2.72. The molecule has 4 nitrogen and oxygen atoms in total. The fourth-order valence-electron chi connectivity index (χ4n) is 1.82. The number of para-hydroxylation sites is 1. The first-order valence-corrected chi connectivity index (χ1v) is 5.60. The number of rotatable bonds is 3. The molecule has 0 aliphatic heterocycles. The van der Waals surface area contributed by atoms with Crippen LogP contribution in [0, 0.1) is 0 Å². The predicted molar refractivity (Wildman–Crippen MR) is 66.2 cm³/mol. The first-order valence-electron chi connectivity index (χ1n) is 5.60. The van der Waals surface area contributed by atoms with Crippen LogP contribution in [0.3, 0.4) is 0 Å². The largest absolute Gasteiger partial charge is 0.456 e. The molecule has 3 rings (SSSR count). The molecule has 0 spiro atoms. The lowest BCUT2D eigenvalue weighted by Crippen LogP contribution is -1.98. The molecule has 0 amide bonds. The van der Waals surface area contributed by atoms with Crippen LogP contribution in [0.2, 0.25) is 0 Å². The van der Waals surface area contributed by atoms with Crippen molar-refractivity contribution in [2.24, 2.45) is 5.73 Å². The van der Waals surface area contributed by atoms with Crippen molar-refractivity contribution in [2.45, 2.75) is 6.54 Å². The second kappa shape index (κ2) is 4.16. The number of hydrogen-bond donors (Lipinski definition) is 1. The third-order valence-electron chi connectivity index (χ3n) is 2.74. The second-order valence-electron chi connectivity index (χ2n) is 3.95. The average Bonchev–Trinajstić information content (AvgIpc) is 3.04. The Kier molecular flexibility index (Phi) is 2.50. The van der Waals surface area contributed by atoms with Crippen LogP contribution in [-0.4, -0.2) is 5.78 Å².